The number of aryl methyl sites for hydroxylation is 1. The van der Waals surface area contributed by atoms with Crippen LogP contribution in [-0.2, 0) is 11.2 Å². The molecule has 7 nitrogen and oxygen atoms in total. The van der Waals surface area contributed by atoms with E-state index in [0.717, 1.165) is 0 Å². The molecule has 0 fully saturated rings. The van der Waals surface area contributed by atoms with Crippen molar-refractivity contribution in [1.29, 1.82) is 0 Å². The van der Waals surface area contributed by atoms with Gasteiger partial charge in [-0.1, -0.05) is 0 Å². The van der Waals surface area contributed by atoms with Crippen LogP contribution in [0.5, 0.6) is 5.95 Å². The molecule has 0 aliphatic carbocycles. The third kappa shape index (κ3) is 5.98. The fourth-order valence-corrected chi connectivity index (χ4v) is 1.45. The highest BCUT2D eigenvalue weighted by atomic mass is 16.6. The molecule has 0 unspecified atom stereocenters. The van der Waals surface area contributed by atoms with Gasteiger partial charge in [0.15, 0.2) is 0 Å². The topological polar surface area (TPSA) is 105 Å². The molecule has 0 aliphatic rings. The highest BCUT2D eigenvalue weighted by Gasteiger charge is 2.15. The van der Waals surface area contributed by atoms with Crippen LogP contribution in [0.3, 0.4) is 0 Å². The Bertz CT molecular complexity index is 469. The number of H-pyrrole nitrogens is 1. The van der Waals surface area contributed by atoms with Crippen molar-refractivity contribution in [3.63, 3.8) is 0 Å². The van der Waals surface area contributed by atoms with Crippen molar-refractivity contribution in [3.8, 4) is 5.95 Å². The quantitative estimate of drug-likeness (QED) is 0.705. The second kappa shape index (κ2) is 6.31. The Morgan fingerprint density at radius 3 is 2.63 bits per heavy atom. The minimum Gasteiger partial charge on any atom is -0.479 e. The van der Waals surface area contributed by atoms with E-state index in [0.29, 0.717) is 31.5 Å². The van der Waals surface area contributed by atoms with Crippen LogP contribution in [0.4, 0.5) is 4.79 Å². The summed E-state index contributed by atoms with van der Waals surface area (Å²) in [4.78, 5) is 24.5. The van der Waals surface area contributed by atoms with Crippen LogP contribution < -0.4 is 11.1 Å². The molecule has 19 heavy (non-hydrogen) atoms. The van der Waals surface area contributed by atoms with Crippen LogP contribution in [0.15, 0.2) is 9.21 Å². The first-order chi connectivity index (χ1) is 8.78. The Balaban J connectivity index is 2.17. The molecule has 0 aromatic carbocycles. The molecule has 0 saturated carbocycles. The van der Waals surface area contributed by atoms with Crippen LogP contribution in [-0.4, -0.2) is 28.3 Å². The zero-order valence-electron chi connectivity index (χ0n) is 11.4. The summed E-state index contributed by atoms with van der Waals surface area (Å²) >= 11 is 0. The molecule has 0 radical (unpaired) electrons. The Labute approximate surface area is 111 Å². The summed E-state index contributed by atoms with van der Waals surface area (Å²) in [5.41, 5.74) is -0.131. The Hall–Kier alpha value is -1.92. The van der Waals surface area contributed by atoms with Gasteiger partial charge >= 0.3 is 17.8 Å². The first-order valence-electron chi connectivity index (χ1n) is 6.16. The van der Waals surface area contributed by atoms with Gasteiger partial charge in [-0.15, -0.1) is 0 Å². The number of oxazole rings is 1. The molecule has 1 heterocycles. The minimum absolute atomic E-state index is 0.370. The SMILES string of the molecule is CC(C)(C)OC(=O)NCCCCc1[nH]c(=O)oc1O. The van der Waals surface area contributed by atoms with E-state index in [1.807, 2.05) is 0 Å². The summed E-state index contributed by atoms with van der Waals surface area (Å²) in [5, 5.41) is 11.8. The lowest BCUT2D eigenvalue weighted by molar-refractivity contribution is 0.0527. The predicted molar refractivity (Wildman–Crippen MR) is 68.2 cm³/mol. The first-order valence-corrected chi connectivity index (χ1v) is 6.16. The molecule has 7 heteroatoms. The number of nitrogens with one attached hydrogen (secondary N) is 2. The monoisotopic (exact) mass is 272 g/mol. The Kier molecular flexibility index (Phi) is 5.02. The molecule has 3 N–H and O–H groups in total. The maximum absolute atomic E-state index is 11.3. The Morgan fingerprint density at radius 2 is 2.11 bits per heavy atom. The van der Waals surface area contributed by atoms with Crippen LogP contribution >= 0.6 is 0 Å². The molecule has 1 aromatic heterocycles. The summed E-state index contributed by atoms with van der Waals surface area (Å²) in [7, 11) is 0. The first kappa shape index (κ1) is 15.1. The van der Waals surface area contributed by atoms with Crippen molar-refractivity contribution in [3.05, 3.63) is 16.2 Å². The molecule has 108 valence electrons. The third-order valence-electron chi connectivity index (χ3n) is 2.22. The van der Waals surface area contributed by atoms with E-state index in [4.69, 9.17) is 4.74 Å². The second-order valence-electron chi connectivity index (χ2n) is 5.18. The number of carbonyl (C=O) groups excluding carboxylic acids is 1. The van der Waals surface area contributed by atoms with Gasteiger partial charge in [0.25, 0.3) is 0 Å². The normalized spacial score (nSPS) is 11.3. The number of aromatic amines is 1. The zero-order chi connectivity index (χ0) is 14.5. The number of ether oxygens (including phenoxy) is 1. The van der Waals surface area contributed by atoms with Crippen LogP contribution in [0, 0.1) is 0 Å². The largest absolute Gasteiger partial charge is 0.479 e. The van der Waals surface area contributed by atoms with E-state index in [-0.39, 0.29) is 5.95 Å². The third-order valence-corrected chi connectivity index (χ3v) is 2.22. The molecule has 1 amide bonds. The number of aromatic hydroxyl groups is 1. The van der Waals surface area contributed by atoms with Crippen molar-refractivity contribution in [2.24, 2.45) is 0 Å². The molecular weight excluding hydrogens is 252 g/mol. The van der Waals surface area contributed by atoms with Crippen LogP contribution in [0.1, 0.15) is 39.3 Å². The zero-order valence-corrected chi connectivity index (χ0v) is 11.4. The van der Waals surface area contributed by atoms with Gasteiger partial charge in [0, 0.05) is 6.54 Å². The average molecular weight is 272 g/mol. The van der Waals surface area contributed by atoms with E-state index in [1.165, 1.54) is 0 Å². The van der Waals surface area contributed by atoms with E-state index >= 15 is 0 Å². The molecule has 1 rings (SSSR count). The lowest BCUT2D eigenvalue weighted by atomic mass is 10.2. The van der Waals surface area contributed by atoms with Crippen LogP contribution in [0.25, 0.3) is 0 Å². The van der Waals surface area contributed by atoms with Crippen molar-refractivity contribution in [1.82, 2.24) is 10.3 Å². The van der Waals surface area contributed by atoms with E-state index < -0.39 is 17.5 Å². The fourth-order valence-electron chi connectivity index (χ4n) is 1.45. The van der Waals surface area contributed by atoms with E-state index in [2.05, 4.69) is 14.7 Å². The summed E-state index contributed by atoms with van der Waals surface area (Å²) in [5.74, 6) is -1.04. The van der Waals surface area contributed by atoms with Crippen LogP contribution in [0.2, 0.25) is 0 Å². The Morgan fingerprint density at radius 1 is 1.42 bits per heavy atom. The lowest BCUT2D eigenvalue weighted by Gasteiger charge is -2.19. The highest BCUT2D eigenvalue weighted by molar-refractivity contribution is 5.67. The maximum atomic E-state index is 11.3. The van der Waals surface area contributed by atoms with Gasteiger partial charge in [-0.05, 0) is 40.0 Å². The fraction of sp³-hybridized carbons (Fsp3) is 0.667. The molecule has 0 spiro atoms. The van der Waals surface area contributed by atoms with Gasteiger partial charge in [-0.2, -0.15) is 0 Å². The van der Waals surface area contributed by atoms with Crippen molar-refractivity contribution in [2.75, 3.05) is 6.54 Å². The number of hydrogen-bond donors (Lipinski definition) is 3. The van der Waals surface area contributed by atoms with Gasteiger partial charge in [-0.25, -0.2) is 9.59 Å². The summed E-state index contributed by atoms with van der Waals surface area (Å²) in [6.45, 7) is 5.86. The van der Waals surface area contributed by atoms with Crippen molar-refractivity contribution in [2.45, 2.75) is 45.6 Å². The number of alkyl carbamates (subject to hydrolysis) is 1. The molecule has 1 aromatic rings. The number of rotatable bonds is 5. The molecular formula is C12H20N2O5. The standard InChI is InChI=1S/C12H20N2O5/c1-12(2,3)19-10(16)13-7-5-4-6-8-9(15)18-11(17)14-8/h15H,4-7H2,1-3H3,(H,13,16)(H,14,17). The van der Waals surface area contributed by atoms with Gasteiger partial charge in [0.1, 0.15) is 11.3 Å². The predicted octanol–water partition coefficient (Wildman–Crippen LogP) is 1.52. The summed E-state index contributed by atoms with van der Waals surface area (Å²) in [6, 6.07) is 0. The number of carbonyl (C=O) groups is 1. The van der Waals surface area contributed by atoms with Gasteiger partial charge in [-0.3, -0.25) is 4.98 Å². The minimum atomic E-state index is -0.667. The molecule has 0 saturated heterocycles. The average Bonchev–Trinajstić information content (AvgIpc) is 2.54. The number of amides is 1. The van der Waals surface area contributed by atoms with E-state index in [9.17, 15) is 14.7 Å². The smallest absolute Gasteiger partial charge is 0.419 e. The lowest BCUT2D eigenvalue weighted by Crippen LogP contribution is -2.33. The van der Waals surface area contributed by atoms with Crippen molar-refractivity contribution < 1.29 is 19.1 Å². The summed E-state index contributed by atoms with van der Waals surface area (Å²) < 4.78 is 9.49. The maximum Gasteiger partial charge on any atom is 0.419 e. The number of aromatic nitrogens is 1. The highest BCUT2D eigenvalue weighted by Crippen LogP contribution is 2.13. The summed E-state index contributed by atoms with van der Waals surface area (Å²) in [6.07, 6.45) is 1.42. The molecule has 0 aliphatic heterocycles. The molecule has 0 atom stereocenters. The van der Waals surface area contributed by atoms with E-state index in [1.54, 1.807) is 20.8 Å². The van der Waals surface area contributed by atoms with Crippen molar-refractivity contribution >= 4 is 6.09 Å². The van der Waals surface area contributed by atoms with Gasteiger partial charge in [0.05, 0.1) is 0 Å². The van der Waals surface area contributed by atoms with Gasteiger partial charge < -0.3 is 19.6 Å². The number of hydrogen-bond acceptors (Lipinski definition) is 5. The molecule has 0 bridgehead atoms. The second-order valence-corrected chi connectivity index (χ2v) is 5.18. The van der Waals surface area contributed by atoms with Gasteiger partial charge in [0.2, 0.25) is 0 Å². The number of unbranched alkanes of at least 4 members (excludes halogenated alkanes) is 1.